The number of ether oxygens (including phenoxy) is 1. The molecule has 1 rings (SSSR count). The predicted octanol–water partition coefficient (Wildman–Crippen LogP) is 2.82. The standard InChI is InChI=1S/C12H14ClNO2/c1-2-9-16-11-5-3-10(4-6-11)14-12(15)7-8-13/h2-6H,1,7-9H2,(H,14,15). The summed E-state index contributed by atoms with van der Waals surface area (Å²) >= 11 is 5.45. The van der Waals surface area contributed by atoms with Gasteiger partial charge in [0.05, 0.1) is 0 Å². The molecule has 3 nitrogen and oxygen atoms in total. The van der Waals surface area contributed by atoms with Crippen LogP contribution in [0, 0.1) is 0 Å². The summed E-state index contributed by atoms with van der Waals surface area (Å²) in [4.78, 5) is 11.2. The summed E-state index contributed by atoms with van der Waals surface area (Å²) in [6.07, 6.45) is 1.99. The van der Waals surface area contributed by atoms with Crippen LogP contribution in [0.2, 0.25) is 0 Å². The van der Waals surface area contributed by atoms with Crippen molar-refractivity contribution in [2.24, 2.45) is 0 Å². The Bertz CT molecular complexity index is 349. The Balaban J connectivity index is 2.50. The van der Waals surface area contributed by atoms with Gasteiger partial charge in [-0.15, -0.1) is 11.6 Å². The minimum Gasteiger partial charge on any atom is -0.490 e. The average molecular weight is 240 g/mol. The van der Waals surface area contributed by atoms with E-state index in [2.05, 4.69) is 11.9 Å². The summed E-state index contributed by atoms with van der Waals surface area (Å²) in [6.45, 7) is 4.03. The molecule has 0 saturated heterocycles. The van der Waals surface area contributed by atoms with Crippen molar-refractivity contribution in [2.45, 2.75) is 6.42 Å². The van der Waals surface area contributed by atoms with Crippen LogP contribution in [0.3, 0.4) is 0 Å². The Morgan fingerprint density at radius 3 is 2.69 bits per heavy atom. The number of alkyl halides is 1. The van der Waals surface area contributed by atoms with Crippen LogP contribution in [0.5, 0.6) is 5.75 Å². The van der Waals surface area contributed by atoms with Gasteiger partial charge in [0.15, 0.2) is 0 Å². The molecular weight excluding hydrogens is 226 g/mol. The van der Waals surface area contributed by atoms with Crippen LogP contribution in [-0.4, -0.2) is 18.4 Å². The molecule has 4 heteroatoms. The molecular formula is C12H14ClNO2. The van der Waals surface area contributed by atoms with Gasteiger partial charge in [-0.2, -0.15) is 0 Å². The highest BCUT2D eigenvalue weighted by atomic mass is 35.5. The van der Waals surface area contributed by atoms with Crippen molar-refractivity contribution < 1.29 is 9.53 Å². The molecule has 0 radical (unpaired) electrons. The molecule has 0 unspecified atom stereocenters. The van der Waals surface area contributed by atoms with Crippen LogP contribution in [0.15, 0.2) is 36.9 Å². The lowest BCUT2D eigenvalue weighted by molar-refractivity contribution is -0.115. The Labute approximate surface area is 100 Å². The molecule has 1 N–H and O–H groups in total. The van der Waals surface area contributed by atoms with Crippen molar-refractivity contribution in [1.29, 1.82) is 0 Å². The summed E-state index contributed by atoms with van der Waals surface area (Å²) in [7, 11) is 0. The van der Waals surface area contributed by atoms with Crippen molar-refractivity contribution in [3.8, 4) is 5.75 Å². The second-order valence-corrected chi connectivity index (χ2v) is 3.49. The Morgan fingerprint density at radius 1 is 1.44 bits per heavy atom. The number of carbonyl (C=O) groups is 1. The van der Waals surface area contributed by atoms with Gasteiger partial charge in [0.1, 0.15) is 12.4 Å². The van der Waals surface area contributed by atoms with E-state index in [4.69, 9.17) is 16.3 Å². The normalized spacial score (nSPS) is 9.56. The first kappa shape index (κ1) is 12.6. The smallest absolute Gasteiger partial charge is 0.225 e. The van der Waals surface area contributed by atoms with Crippen molar-refractivity contribution in [3.63, 3.8) is 0 Å². The quantitative estimate of drug-likeness (QED) is 0.612. The van der Waals surface area contributed by atoms with Gasteiger partial charge < -0.3 is 10.1 Å². The maximum atomic E-state index is 11.2. The summed E-state index contributed by atoms with van der Waals surface area (Å²) in [6, 6.07) is 7.15. The van der Waals surface area contributed by atoms with Gasteiger partial charge in [0, 0.05) is 18.0 Å². The van der Waals surface area contributed by atoms with E-state index in [1.165, 1.54) is 0 Å². The van der Waals surface area contributed by atoms with E-state index in [1.54, 1.807) is 30.3 Å². The molecule has 0 aromatic heterocycles. The molecule has 0 heterocycles. The molecule has 0 spiro atoms. The number of carbonyl (C=O) groups excluding carboxylic acids is 1. The molecule has 0 aliphatic heterocycles. The summed E-state index contributed by atoms with van der Waals surface area (Å²) in [5, 5.41) is 2.73. The summed E-state index contributed by atoms with van der Waals surface area (Å²) in [5.41, 5.74) is 0.737. The van der Waals surface area contributed by atoms with Gasteiger partial charge in [-0.25, -0.2) is 0 Å². The second-order valence-electron chi connectivity index (χ2n) is 3.11. The number of rotatable bonds is 6. The lowest BCUT2D eigenvalue weighted by atomic mass is 10.3. The van der Waals surface area contributed by atoms with E-state index in [-0.39, 0.29) is 5.91 Å². The number of halogens is 1. The van der Waals surface area contributed by atoms with Crippen LogP contribution in [0.4, 0.5) is 5.69 Å². The minimum absolute atomic E-state index is 0.0882. The number of benzene rings is 1. The van der Waals surface area contributed by atoms with Gasteiger partial charge in [-0.1, -0.05) is 12.7 Å². The van der Waals surface area contributed by atoms with Gasteiger partial charge in [0.2, 0.25) is 5.91 Å². The predicted molar refractivity (Wildman–Crippen MR) is 66.1 cm³/mol. The molecule has 86 valence electrons. The first-order valence-corrected chi connectivity index (χ1v) is 5.49. The lowest BCUT2D eigenvalue weighted by Gasteiger charge is -2.06. The molecule has 0 aliphatic rings. The van der Waals surface area contributed by atoms with Gasteiger partial charge in [-0.3, -0.25) is 4.79 Å². The zero-order chi connectivity index (χ0) is 11.8. The molecule has 1 amide bonds. The first-order valence-electron chi connectivity index (χ1n) is 4.96. The van der Waals surface area contributed by atoms with Crippen molar-refractivity contribution in [1.82, 2.24) is 0 Å². The molecule has 16 heavy (non-hydrogen) atoms. The largest absolute Gasteiger partial charge is 0.490 e. The highest BCUT2D eigenvalue weighted by molar-refractivity contribution is 6.19. The highest BCUT2D eigenvalue weighted by Gasteiger charge is 2.01. The van der Waals surface area contributed by atoms with Crippen LogP contribution in [0.25, 0.3) is 0 Å². The third-order valence-electron chi connectivity index (χ3n) is 1.83. The van der Waals surface area contributed by atoms with Crippen molar-refractivity contribution in [3.05, 3.63) is 36.9 Å². The zero-order valence-corrected chi connectivity index (χ0v) is 9.67. The molecule has 0 bridgehead atoms. The third kappa shape index (κ3) is 4.36. The van der Waals surface area contributed by atoms with E-state index in [0.29, 0.717) is 18.9 Å². The summed E-state index contributed by atoms with van der Waals surface area (Å²) in [5.74, 6) is 0.983. The third-order valence-corrected chi connectivity index (χ3v) is 2.02. The van der Waals surface area contributed by atoms with Crippen LogP contribution in [-0.2, 0) is 4.79 Å². The topological polar surface area (TPSA) is 38.3 Å². The summed E-state index contributed by atoms with van der Waals surface area (Å²) < 4.78 is 5.31. The maximum Gasteiger partial charge on any atom is 0.225 e. The zero-order valence-electron chi connectivity index (χ0n) is 8.91. The fourth-order valence-electron chi connectivity index (χ4n) is 1.10. The van der Waals surface area contributed by atoms with Gasteiger partial charge >= 0.3 is 0 Å². The van der Waals surface area contributed by atoms with E-state index in [9.17, 15) is 4.79 Å². The van der Waals surface area contributed by atoms with Gasteiger partial charge in [0.25, 0.3) is 0 Å². The van der Waals surface area contributed by atoms with E-state index < -0.39 is 0 Å². The maximum absolute atomic E-state index is 11.2. The molecule has 0 saturated carbocycles. The minimum atomic E-state index is -0.0882. The number of hydrogen-bond acceptors (Lipinski definition) is 2. The second kappa shape index (κ2) is 6.90. The van der Waals surface area contributed by atoms with Crippen molar-refractivity contribution in [2.75, 3.05) is 17.8 Å². The lowest BCUT2D eigenvalue weighted by Crippen LogP contribution is -2.11. The fourth-order valence-corrected chi connectivity index (χ4v) is 1.27. The Morgan fingerprint density at radius 2 is 2.12 bits per heavy atom. The molecule has 0 atom stereocenters. The Hall–Kier alpha value is -1.48. The number of anilines is 1. The molecule has 0 fully saturated rings. The fraction of sp³-hybridized carbons (Fsp3) is 0.250. The highest BCUT2D eigenvalue weighted by Crippen LogP contribution is 2.15. The Kier molecular flexibility index (Phi) is 5.43. The molecule has 0 aliphatic carbocycles. The average Bonchev–Trinajstić information content (AvgIpc) is 2.28. The van der Waals surface area contributed by atoms with Gasteiger partial charge in [-0.05, 0) is 24.3 Å². The number of nitrogens with one attached hydrogen (secondary N) is 1. The van der Waals surface area contributed by atoms with Crippen LogP contribution >= 0.6 is 11.6 Å². The van der Waals surface area contributed by atoms with Crippen LogP contribution < -0.4 is 10.1 Å². The first-order chi connectivity index (χ1) is 7.76. The number of hydrogen-bond donors (Lipinski definition) is 1. The molecule has 1 aromatic carbocycles. The SMILES string of the molecule is C=CCOc1ccc(NC(=O)CCCl)cc1. The van der Waals surface area contributed by atoms with E-state index >= 15 is 0 Å². The monoisotopic (exact) mass is 239 g/mol. The van der Waals surface area contributed by atoms with Crippen molar-refractivity contribution >= 4 is 23.2 Å². The van der Waals surface area contributed by atoms with Crippen LogP contribution in [0.1, 0.15) is 6.42 Å². The molecule has 1 aromatic rings. The van der Waals surface area contributed by atoms with E-state index in [0.717, 1.165) is 11.4 Å². The number of amides is 1. The van der Waals surface area contributed by atoms with E-state index in [1.807, 2.05) is 0 Å².